The maximum atomic E-state index is 12.6. The van der Waals surface area contributed by atoms with Gasteiger partial charge in [-0.1, -0.05) is 12.1 Å². The number of hydrogen-bond acceptors (Lipinski definition) is 6. The summed E-state index contributed by atoms with van der Waals surface area (Å²) in [5.74, 6) is -0.401. The number of carbonyl (C=O) groups excluding carboxylic acids is 2. The number of nitrogen functional groups attached to an aromatic ring is 1. The third kappa shape index (κ3) is 3.82. The molecule has 6 nitrogen and oxygen atoms in total. The number of nitrogens with zero attached hydrogens (tertiary/aromatic N) is 2. The predicted octanol–water partition coefficient (Wildman–Crippen LogP) is 4.09. The SMILES string of the molecule is Cc1cc(C)c2c(N)c(C(=O)OCc3ccc(C(=O)N4CCCC4)cc3)sc2n1. The molecule has 150 valence electrons. The zero-order chi connectivity index (χ0) is 20.5. The first-order valence-electron chi connectivity index (χ1n) is 9.65. The number of hydrogen-bond donors (Lipinski definition) is 1. The maximum Gasteiger partial charge on any atom is 0.350 e. The lowest BCUT2D eigenvalue weighted by atomic mass is 10.1. The van der Waals surface area contributed by atoms with Gasteiger partial charge in [-0.15, -0.1) is 11.3 Å². The van der Waals surface area contributed by atoms with Gasteiger partial charge in [-0.05, 0) is 56.0 Å². The van der Waals surface area contributed by atoms with Crippen molar-refractivity contribution in [2.75, 3.05) is 18.8 Å². The summed E-state index contributed by atoms with van der Waals surface area (Å²) in [4.78, 5) is 32.4. The lowest BCUT2D eigenvalue weighted by Crippen LogP contribution is -2.27. The molecule has 4 rings (SSSR count). The molecular weight excluding hydrogens is 386 g/mol. The number of esters is 1. The molecule has 0 spiro atoms. The Balaban J connectivity index is 1.44. The third-order valence-corrected chi connectivity index (χ3v) is 6.25. The molecule has 0 radical (unpaired) electrons. The van der Waals surface area contributed by atoms with Gasteiger partial charge in [-0.3, -0.25) is 4.79 Å². The number of nitrogens with two attached hydrogens (primary N) is 1. The van der Waals surface area contributed by atoms with E-state index in [4.69, 9.17) is 10.5 Å². The monoisotopic (exact) mass is 409 g/mol. The topological polar surface area (TPSA) is 85.5 Å². The number of amides is 1. The van der Waals surface area contributed by atoms with Crippen molar-refractivity contribution in [3.63, 3.8) is 0 Å². The third-order valence-electron chi connectivity index (χ3n) is 5.17. The van der Waals surface area contributed by atoms with E-state index in [0.29, 0.717) is 16.1 Å². The minimum atomic E-state index is -0.459. The van der Waals surface area contributed by atoms with Gasteiger partial charge in [0.25, 0.3) is 5.91 Å². The number of aryl methyl sites for hydroxylation is 2. The van der Waals surface area contributed by atoms with Gasteiger partial charge in [0.2, 0.25) is 0 Å². The lowest BCUT2D eigenvalue weighted by Gasteiger charge is -2.15. The van der Waals surface area contributed by atoms with E-state index in [9.17, 15) is 9.59 Å². The second kappa shape index (κ2) is 7.83. The van der Waals surface area contributed by atoms with Crippen molar-refractivity contribution in [1.82, 2.24) is 9.88 Å². The summed E-state index contributed by atoms with van der Waals surface area (Å²) in [6, 6.07) is 9.16. The highest BCUT2D eigenvalue weighted by Gasteiger charge is 2.21. The van der Waals surface area contributed by atoms with Crippen molar-refractivity contribution in [3.05, 3.63) is 57.6 Å². The number of ether oxygens (including phenoxy) is 1. The van der Waals surface area contributed by atoms with Crippen LogP contribution in [0.1, 0.15) is 49.7 Å². The van der Waals surface area contributed by atoms with Crippen LogP contribution in [0, 0.1) is 13.8 Å². The van der Waals surface area contributed by atoms with Crippen molar-refractivity contribution in [1.29, 1.82) is 0 Å². The molecular formula is C22H23N3O3S. The first kappa shape index (κ1) is 19.4. The van der Waals surface area contributed by atoms with Crippen LogP contribution >= 0.6 is 11.3 Å². The van der Waals surface area contributed by atoms with Crippen molar-refractivity contribution in [3.8, 4) is 0 Å². The Morgan fingerprint density at radius 2 is 1.86 bits per heavy atom. The number of rotatable bonds is 4. The van der Waals surface area contributed by atoms with Crippen LogP contribution in [0.4, 0.5) is 5.69 Å². The Morgan fingerprint density at radius 3 is 2.55 bits per heavy atom. The summed E-state index contributed by atoms with van der Waals surface area (Å²) in [7, 11) is 0. The molecule has 0 aliphatic carbocycles. The summed E-state index contributed by atoms with van der Waals surface area (Å²) in [6.45, 7) is 5.64. The lowest BCUT2D eigenvalue weighted by molar-refractivity contribution is 0.0479. The van der Waals surface area contributed by atoms with E-state index in [1.807, 2.05) is 36.9 Å². The van der Waals surface area contributed by atoms with Crippen LogP contribution in [-0.2, 0) is 11.3 Å². The van der Waals surface area contributed by atoms with Crippen LogP contribution < -0.4 is 5.73 Å². The quantitative estimate of drug-likeness (QED) is 0.656. The summed E-state index contributed by atoms with van der Waals surface area (Å²) >= 11 is 1.26. The van der Waals surface area contributed by atoms with Gasteiger partial charge in [-0.25, -0.2) is 9.78 Å². The van der Waals surface area contributed by atoms with Crippen LogP contribution in [0.25, 0.3) is 10.2 Å². The van der Waals surface area contributed by atoms with Crippen molar-refractivity contribution < 1.29 is 14.3 Å². The van der Waals surface area contributed by atoms with Gasteiger partial charge in [0.1, 0.15) is 16.3 Å². The predicted molar refractivity (Wildman–Crippen MR) is 114 cm³/mol. The van der Waals surface area contributed by atoms with Crippen LogP contribution in [0.5, 0.6) is 0 Å². The molecule has 1 aliphatic heterocycles. The Morgan fingerprint density at radius 1 is 1.17 bits per heavy atom. The number of anilines is 1. The van der Waals surface area contributed by atoms with Gasteiger partial charge in [0, 0.05) is 29.7 Å². The van der Waals surface area contributed by atoms with E-state index in [1.165, 1.54) is 11.3 Å². The van der Waals surface area contributed by atoms with E-state index in [1.54, 1.807) is 12.1 Å². The number of thiophene rings is 1. The standard InChI is InChI=1S/C22H23N3O3S/c1-13-11-14(2)24-20-17(13)18(23)19(29-20)22(27)28-12-15-5-7-16(8-6-15)21(26)25-9-3-4-10-25/h5-8,11H,3-4,9-10,12,23H2,1-2H3. The number of benzene rings is 1. The number of fused-ring (bicyclic) bond motifs is 1. The summed E-state index contributed by atoms with van der Waals surface area (Å²) in [5.41, 5.74) is 9.99. The van der Waals surface area contributed by atoms with Gasteiger partial charge < -0.3 is 15.4 Å². The highest BCUT2D eigenvalue weighted by atomic mass is 32.1. The second-order valence-electron chi connectivity index (χ2n) is 7.38. The normalized spacial score (nSPS) is 13.8. The molecule has 0 unspecified atom stereocenters. The molecule has 7 heteroatoms. The fourth-order valence-corrected chi connectivity index (χ4v) is 4.79. The summed E-state index contributed by atoms with van der Waals surface area (Å²) < 4.78 is 5.46. The van der Waals surface area contributed by atoms with Gasteiger partial charge in [-0.2, -0.15) is 0 Å². The molecule has 2 N–H and O–H groups in total. The van der Waals surface area contributed by atoms with E-state index in [-0.39, 0.29) is 12.5 Å². The van der Waals surface area contributed by atoms with Crippen molar-refractivity contribution >= 4 is 39.1 Å². The Labute approximate surface area is 173 Å². The summed E-state index contributed by atoms with van der Waals surface area (Å²) in [6.07, 6.45) is 2.13. The van der Waals surface area contributed by atoms with Crippen LogP contribution in [-0.4, -0.2) is 34.8 Å². The second-order valence-corrected chi connectivity index (χ2v) is 8.38. The fraction of sp³-hybridized carbons (Fsp3) is 0.318. The highest BCUT2D eigenvalue weighted by molar-refractivity contribution is 7.21. The first-order valence-corrected chi connectivity index (χ1v) is 10.5. The number of carbonyl (C=O) groups is 2. The molecule has 1 aliphatic rings. The molecule has 1 fully saturated rings. The zero-order valence-electron chi connectivity index (χ0n) is 16.5. The molecule has 1 saturated heterocycles. The van der Waals surface area contributed by atoms with Gasteiger partial charge in [0.15, 0.2) is 0 Å². The average Bonchev–Trinajstić information content (AvgIpc) is 3.34. The highest BCUT2D eigenvalue weighted by Crippen LogP contribution is 2.35. The summed E-state index contributed by atoms with van der Waals surface area (Å²) in [5, 5.41) is 0.817. The van der Waals surface area contributed by atoms with E-state index < -0.39 is 5.97 Å². The molecule has 0 bridgehead atoms. The molecule has 2 aromatic heterocycles. The number of likely N-dealkylation sites (tertiary alicyclic amines) is 1. The largest absolute Gasteiger partial charge is 0.457 e. The number of aromatic nitrogens is 1. The maximum absolute atomic E-state index is 12.6. The van der Waals surface area contributed by atoms with E-state index >= 15 is 0 Å². The molecule has 0 atom stereocenters. The zero-order valence-corrected chi connectivity index (χ0v) is 17.3. The molecule has 3 aromatic rings. The molecule has 1 aromatic carbocycles. The Bertz CT molecular complexity index is 1080. The van der Waals surface area contributed by atoms with E-state index in [2.05, 4.69) is 4.98 Å². The van der Waals surface area contributed by atoms with Gasteiger partial charge in [0.05, 0.1) is 5.69 Å². The molecule has 1 amide bonds. The van der Waals surface area contributed by atoms with E-state index in [0.717, 1.165) is 53.0 Å². The minimum absolute atomic E-state index is 0.0576. The first-order chi connectivity index (χ1) is 13.9. The minimum Gasteiger partial charge on any atom is -0.457 e. The van der Waals surface area contributed by atoms with Crippen molar-refractivity contribution in [2.24, 2.45) is 0 Å². The fourth-order valence-electron chi connectivity index (χ4n) is 3.68. The van der Waals surface area contributed by atoms with Crippen molar-refractivity contribution in [2.45, 2.75) is 33.3 Å². The average molecular weight is 410 g/mol. The van der Waals surface area contributed by atoms with Crippen LogP contribution in [0.3, 0.4) is 0 Å². The van der Waals surface area contributed by atoms with Gasteiger partial charge >= 0.3 is 5.97 Å². The van der Waals surface area contributed by atoms with Crippen LogP contribution in [0.15, 0.2) is 30.3 Å². The molecule has 3 heterocycles. The molecule has 29 heavy (non-hydrogen) atoms. The Kier molecular flexibility index (Phi) is 5.24. The van der Waals surface area contributed by atoms with Crippen LogP contribution in [0.2, 0.25) is 0 Å². The number of pyridine rings is 1. The smallest absolute Gasteiger partial charge is 0.350 e. The molecule has 0 saturated carbocycles. The Hall–Kier alpha value is -2.93.